The molecule has 0 saturated carbocycles. The molecule has 0 unspecified atom stereocenters. The second-order valence-corrected chi connectivity index (χ2v) is 10.7. The molecular formula is C25H34N4O4S. The first-order chi connectivity index (χ1) is 16.5. The van der Waals surface area contributed by atoms with Crippen LogP contribution in [0.2, 0.25) is 0 Å². The van der Waals surface area contributed by atoms with Crippen molar-refractivity contribution >= 4 is 15.9 Å². The third-order valence-electron chi connectivity index (χ3n) is 6.35. The second kappa shape index (κ2) is 11.9. The number of rotatable bonds is 9. The maximum atomic E-state index is 12.9. The Hall–Kier alpha value is -2.30. The van der Waals surface area contributed by atoms with E-state index >= 15 is 0 Å². The fraction of sp³-hybridized carbons (Fsp3) is 0.480. The summed E-state index contributed by atoms with van der Waals surface area (Å²) in [6.07, 6.45) is 0.857. The molecule has 0 radical (unpaired) electrons. The van der Waals surface area contributed by atoms with Gasteiger partial charge in [-0.3, -0.25) is 9.69 Å². The predicted octanol–water partition coefficient (Wildman–Crippen LogP) is 1.65. The molecule has 0 bridgehead atoms. The summed E-state index contributed by atoms with van der Waals surface area (Å²) in [5.74, 6) is -0.244. The number of hydrogen-bond donors (Lipinski definition) is 1. The summed E-state index contributed by atoms with van der Waals surface area (Å²) < 4.78 is 32.4. The Morgan fingerprint density at radius 1 is 0.882 bits per heavy atom. The van der Waals surface area contributed by atoms with Crippen molar-refractivity contribution in [2.75, 3.05) is 65.6 Å². The first kappa shape index (κ1) is 24.8. The lowest BCUT2D eigenvalue weighted by atomic mass is 10.2. The highest BCUT2D eigenvalue weighted by atomic mass is 32.2. The van der Waals surface area contributed by atoms with Gasteiger partial charge in [0, 0.05) is 57.9 Å². The molecule has 34 heavy (non-hydrogen) atoms. The lowest BCUT2D eigenvalue weighted by Gasteiger charge is -2.34. The molecule has 2 aromatic rings. The molecule has 2 heterocycles. The van der Waals surface area contributed by atoms with Gasteiger partial charge in [0.2, 0.25) is 10.0 Å². The van der Waals surface area contributed by atoms with E-state index in [0.29, 0.717) is 38.4 Å². The fourth-order valence-electron chi connectivity index (χ4n) is 4.35. The number of carbonyl (C=O) groups is 1. The second-order valence-electron chi connectivity index (χ2n) is 8.76. The van der Waals surface area contributed by atoms with Crippen LogP contribution in [0.25, 0.3) is 0 Å². The maximum absolute atomic E-state index is 12.9. The summed E-state index contributed by atoms with van der Waals surface area (Å²) in [5, 5.41) is 2.93. The van der Waals surface area contributed by atoms with Gasteiger partial charge in [0.25, 0.3) is 5.91 Å². The van der Waals surface area contributed by atoms with Crippen LogP contribution in [0, 0.1) is 0 Å². The van der Waals surface area contributed by atoms with Gasteiger partial charge in [-0.1, -0.05) is 36.4 Å². The number of nitrogens with zero attached hydrogens (tertiary/aromatic N) is 3. The van der Waals surface area contributed by atoms with Crippen LogP contribution in [-0.2, 0) is 21.3 Å². The van der Waals surface area contributed by atoms with Gasteiger partial charge >= 0.3 is 0 Å². The molecule has 2 saturated heterocycles. The topological polar surface area (TPSA) is 82.2 Å². The maximum Gasteiger partial charge on any atom is 0.251 e. The van der Waals surface area contributed by atoms with Gasteiger partial charge in [-0.05, 0) is 36.7 Å². The highest BCUT2D eigenvalue weighted by molar-refractivity contribution is 7.89. The van der Waals surface area contributed by atoms with E-state index in [9.17, 15) is 13.2 Å². The Morgan fingerprint density at radius 2 is 1.59 bits per heavy atom. The van der Waals surface area contributed by atoms with Crippen LogP contribution in [0.1, 0.15) is 22.3 Å². The summed E-state index contributed by atoms with van der Waals surface area (Å²) in [7, 11) is -3.62. The SMILES string of the molecule is O=C(NCCCN1CCN(Cc2ccccc2)CC1)c1cccc(S(=O)(=O)N2CCOCC2)c1. The number of sulfonamides is 1. The third kappa shape index (κ3) is 6.64. The highest BCUT2D eigenvalue weighted by Gasteiger charge is 2.27. The molecule has 1 N–H and O–H groups in total. The Morgan fingerprint density at radius 3 is 2.32 bits per heavy atom. The van der Waals surface area contributed by atoms with Crippen molar-refractivity contribution in [3.63, 3.8) is 0 Å². The molecule has 1 amide bonds. The molecule has 184 valence electrons. The normalized spacial score (nSPS) is 18.6. The van der Waals surface area contributed by atoms with Gasteiger partial charge in [0.15, 0.2) is 0 Å². The molecule has 8 nitrogen and oxygen atoms in total. The monoisotopic (exact) mass is 486 g/mol. The molecule has 0 atom stereocenters. The lowest BCUT2D eigenvalue weighted by molar-refractivity contribution is 0.0730. The van der Waals surface area contributed by atoms with Crippen LogP contribution in [0.4, 0.5) is 0 Å². The number of benzene rings is 2. The molecule has 4 rings (SSSR count). The van der Waals surface area contributed by atoms with Gasteiger partial charge < -0.3 is 15.0 Å². The van der Waals surface area contributed by atoms with E-state index < -0.39 is 10.0 Å². The summed E-state index contributed by atoms with van der Waals surface area (Å²) >= 11 is 0. The van der Waals surface area contributed by atoms with Crippen LogP contribution < -0.4 is 5.32 Å². The molecule has 9 heteroatoms. The van der Waals surface area contributed by atoms with Gasteiger partial charge in [-0.2, -0.15) is 4.31 Å². The van der Waals surface area contributed by atoms with Crippen LogP contribution in [0.15, 0.2) is 59.5 Å². The standard InChI is InChI=1S/C25H34N4O4S/c30-25(23-8-4-9-24(20-23)34(31,32)29-16-18-33-19-17-29)26-10-5-11-27-12-14-28(15-13-27)21-22-6-2-1-3-7-22/h1-4,6-9,20H,5,10-19,21H2,(H,26,30). The molecule has 2 aliphatic heterocycles. The fourth-order valence-corrected chi connectivity index (χ4v) is 5.81. The number of piperazine rings is 1. The van der Waals surface area contributed by atoms with Crippen molar-refractivity contribution in [1.82, 2.24) is 19.4 Å². The van der Waals surface area contributed by atoms with Crippen molar-refractivity contribution in [3.05, 3.63) is 65.7 Å². The highest BCUT2D eigenvalue weighted by Crippen LogP contribution is 2.18. The Balaban J connectivity index is 1.19. The molecule has 2 aromatic carbocycles. The average Bonchev–Trinajstić information content (AvgIpc) is 2.88. The van der Waals surface area contributed by atoms with E-state index in [0.717, 1.165) is 45.7 Å². The van der Waals surface area contributed by atoms with Crippen molar-refractivity contribution in [1.29, 1.82) is 0 Å². The minimum absolute atomic E-state index is 0.149. The minimum Gasteiger partial charge on any atom is -0.379 e. The van der Waals surface area contributed by atoms with Crippen molar-refractivity contribution < 1.29 is 17.9 Å². The van der Waals surface area contributed by atoms with E-state index in [2.05, 4.69) is 39.4 Å². The van der Waals surface area contributed by atoms with E-state index in [4.69, 9.17) is 4.74 Å². The van der Waals surface area contributed by atoms with Crippen molar-refractivity contribution in [2.24, 2.45) is 0 Å². The van der Waals surface area contributed by atoms with Gasteiger partial charge in [-0.25, -0.2) is 8.42 Å². The van der Waals surface area contributed by atoms with Gasteiger partial charge in [-0.15, -0.1) is 0 Å². The van der Waals surface area contributed by atoms with Crippen LogP contribution in [-0.4, -0.2) is 94.0 Å². The summed E-state index contributed by atoms with van der Waals surface area (Å²) in [4.78, 5) is 17.7. The zero-order chi connectivity index (χ0) is 23.8. The van der Waals surface area contributed by atoms with Crippen LogP contribution in [0.5, 0.6) is 0 Å². The first-order valence-electron chi connectivity index (χ1n) is 12.0. The van der Waals surface area contributed by atoms with E-state index in [1.54, 1.807) is 18.2 Å². The predicted molar refractivity (Wildman–Crippen MR) is 131 cm³/mol. The smallest absolute Gasteiger partial charge is 0.251 e. The molecule has 0 aromatic heterocycles. The number of amides is 1. The number of nitrogens with one attached hydrogen (secondary N) is 1. The molecular weight excluding hydrogens is 452 g/mol. The zero-order valence-electron chi connectivity index (χ0n) is 19.6. The van der Waals surface area contributed by atoms with Gasteiger partial charge in [0.1, 0.15) is 0 Å². The van der Waals surface area contributed by atoms with Gasteiger partial charge in [0.05, 0.1) is 18.1 Å². The molecule has 0 aliphatic carbocycles. The minimum atomic E-state index is -3.62. The van der Waals surface area contributed by atoms with Crippen LogP contribution in [0.3, 0.4) is 0 Å². The van der Waals surface area contributed by atoms with Crippen LogP contribution >= 0.6 is 0 Å². The first-order valence-corrected chi connectivity index (χ1v) is 13.4. The quantitative estimate of drug-likeness (QED) is 0.543. The third-order valence-corrected chi connectivity index (χ3v) is 8.25. The van der Waals surface area contributed by atoms with E-state index in [1.165, 1.54) is 15.9 Å². The molecule has 2 fully saturated rings. The number of carbonyl (C=O) groups excluding carboxylic acids is 1. The Labute approximate surface area is 202 Å². The number of hydrogen-bond acceptors (Lipinski definition) is 6. The Kier molecular flexibility index (Phi) is 8.69. The average molecular weight is 487 g/mol. The molecule has 0 spiro atoms. The largest absolute Gasteiger partial charge is 0.379 e. The van der Waals surface area contributed by atoms with Crippen molar-refractivity contribution in [3.8, 4) is 0 Å². The molecule has 2 aliphatic rings. The van der Waals surface area contributed by atoms with E-state index in [1.807, 2.05) is 6.07 Å². The number of morpholine rings is 1. The summed E-state index contributed by atoms with van der Waals surface area (Å²) in [6.45, 7) is 8.09. The van der Waals surface area contributed by atoms with E-state index in [-0.39, 0.29) is 10.8 Å². The zero-order valence-corrected chi connectivity index (χ0v) is 20.4. The summed E-state index contributed by atoms with van der Waals surface area (Å²) in [5.41, 5.74) is 1.71. The van der Waals surface area contributed by atoms with Crippen molar-refractivity contribution in [2.45, 2.75) is 17.9 Å². The summed E-state index contributed by atoms with van der Waals surface area (Å²) in [6, 6.07) is 16.8. The Bertz CT molecular complexity index is 1030. The lowest BCUT2D eigenvalue weighted by Crippen LogP contribution is -2.46. The number of ether oxygens (including phenoxy) is 1.